The number of benzene rings is 1. The standard InChI is InChI=1S/C18H23NO2S/c1-13-10-14(12-20)11-16(13)17(15-8-6-5-7-9-15)19-22(21)18(2,3)4/h5-9,11-12,17,19H,10H2,1-4H3. The highest BCUT2D eigenvalue weighted by atomic mass is 32.2. The topological polar surface area (TPSA) is 52.2 Å². The van der Waals surface area contributed by atoms with E-state index in [-0.39, 0.29) is 10.8 Å². The van der Waals surface area contributed by atoms with Crippen LogP contribution in [0.1, 0.15) is 45.7 Å². The highest BCUT2D eigenvalue weighted by Gasteiger charge is 2.32. The van der Waals surface area contributed by atoms with E-state index >= 15 is 0 Å². The molecule has 2 rings (SSSR count). The molecule has 3 nitrogen and oxygen atoms in total. The molecule has 0 amide bonds. The Kier molecular flexibility index (Phi) is 5.27. The minimum Gasteiger partial charge on any atom is -0.598 e. The zero-order chi connectivity index (χ0) is 16.3. The molecular weight excluding hydrogens is 294 g/mol. The number of hydrogen-bond donors (Lipinski definition) is 1. The van der Waals surface area contributed by atoms with Gasteiger partial charge in [-0.3, -0.25) is 4.79 Å². The Morgan fingerprint density at radius 1 is 1.27 bits per heavy atom. The number of hydrogen-bond acceptors (Lipinski definition) is 3. The second-order valence-electron chi connectivity index (χ2n) is 6.59. The van der Waals surface area contributed by atoms with Gasteiger partial charge in [0.15, 0.2) is 0 Å². The van der Waals surface area contributed by atoms with E-state index in [9.17, 15) is 9.35 Å². The van der Waals surface area contributed by atoms with Gasteiger partial charge in [-0.2, -0.15) is 0 Å². The van der Waals surface area contributed by atoms with Crippen molar-refractivity contribution < 1.29 is 9.35 Å². The Bertz CT molecular complexity index is 599. The molecule has 1 aromatic rings. The fourth-order valence-corrected chi connectivity index (χ4v) is 3.26. The molecule has 2 atom stereocenters. The van der Waals surface area contributed by atoms with Crippen LogP contribution in [-0.4, -0.2) is 15.6 Å². The van der Waals surface area contributed by atoms with Crippen LogP contribution in [0.15, 0.2) is 53.1 Å². The van der Waals surface area contributed by atoms with Crippen LogP contribution in [0.2, 0.25) is 0 Å². The lowest BCUT2D eigenvalue weighted by molar-refractivity contribution is -0.104. The van der Waals surface area contributed by atoms with Crippen LogP contribution in [-0.2, 0) is 16.2 Å². The van der Waals surface area contributed by atoms with Crippen molar-refractivity contribution in [1.82, 2.24) is 4.72 Å². The minimum atomic E-state index is -1.19. The number of aldehydes is 1. The van der Waals surface area contributed by atoms with Gasteiger partial charge in [0.25, 0.3) is 0 Å². The SMILES string of the molecule is CC1=C(C(N[S+]([O-])C(C)(C)C)c2ccccc2)C=C(C=O)C1. The maximum atomic E-state index is 12.5. The van der Waals surface area contributed by atoms with Gasteiger partial charge in [-0.25, -0.2) is 0 Å². The first-order valence-electron chi connectivity index (χ1n) is 7.41. The number of allylic oxidation sites excluding steroid dienone is 2. The summed E-state index contributed by atoms with van der Waals surface area (Å²) >= 11 is -1.19. The van der Waals surface area contributed by atoms with Gasteiger partial charge >= 0.3 is 0 Å². The molecule has 1 aromatic carbocycles. The molecule has 0 saturated carbocycles. The van der Waals surface area contributed by atoms with Crippen molar-refractivity contribution in [3.63, 3.8) is 0 Å². The molecule has 0 spiro atoms. The molecule has 0 bridgehead atoms. The highest BCUT2D eigenvalue weighted by molar-refractivity contribution is 7.90. The lowest BCUT2D eigenvalue weighted by Gasteiger charge is -2.29. The number of carbonyl (C=O) groups is 1. The predicted octanol–water partition coefficient (Wildman–Crippen LogP) is 3.63. The lowest BCUT2D eigenvalue weighted by Crippen LogP contribution is -2.41. The van der Waals surface area contributed by atoms with Crippen LogP contribution < -0.4 is 4.72 Å². The van der Waals surface area contributed by atoms with Crippen molar-refractivity contribution >= 4 is 17.6 Å². The summed E-state index contributed by atoms with van der Waals surface area (Å²) in [5, 5.41) is 0. The third-order valence-corrected chi connectivity index (χ3v) is 5.24. The average molecular weight is 317 g/mol. The van der Waals surface area contributed by atoms with Gasteiger partial charge in [0.2, 0.25) is 0 Å². The van der Waals surface area contributed by atoms with E-state index in [1.807, 2.05) is 64.1 Å². The van der Waals surface area contributed by atoms with E-state index in [0.29, 0.717) is 6.42 Å². The van der Waals surface area contributed by atoms with Gasteiger partial charge in [-0.1, -0.05) is 42.0 Å². The fraction of sp³-hybridized carbons (Fsp3) is 0.389. The molecule has 0 aromatic heterocycles. The molecule has 2 unspecified atom stereocenters. The van der Waals surface area contributed by atoms with Crippen LogP contribution in [0.25, 0.3) is 0 Å². The van der Waals surface area contributed by atoms with Crippen molar-refractivity contribution in [2.45, 2.75) is 44.9 Å². The quantitative estimate of drug-likeness (QED) is 0.666. The highest BCUT2D eigenvalue weighted by Crippen LogP contribution is 2.34. The second-order valence-corrected chi connectivity index (χ2v) is 8.59. The summed E-state index contributed by atoms with van der Waals surface area (Å²) in [5.74, 6) is 0. The van der Waals surface area contributed by atoms with Crippen molar-refractivity contribution in [2.75, 3.05) is 0 Å². The van der Waals surface area contributed by atoms with Gasteiger partial charge in [-0.05, 0) is 50.8 Å². The molecule has 0 radical (unpaired) electrons. The summed E-state index contributed by atoms with van der Waals surface area (Å²) in [6, 6.07) is 9.77. The summed E-state index contributed by atoms with van der Waals surface area (Å²) in [6.45, 7) is 7.86. The summed E-state index contributed by atoms with van der Waals surface area (Å²) < 4.78 is 15.4. The Labute approximate surface area is 135 Å². The molecule has 118 valence electrons. The van der Waals surface area contributed by atoms with Gasteiger partial charge < -0.3 is 4.55 Å². The van der Waals surface area contributed by atoms with Crippen LogP contribution in [0.5, 0.6) is 0 Å². The van der Waals surface area contributed by atoms with Crippen molar-refractivity contribution in [2.24, 2.45) is 0 Å². The zero-order valence-electron chi connectivity index (χ0n) is 13.6. The summed E-state index contributed by atoms with van der Waals surface area (Å²) in [6.07, 6.45) is 3.50. The number of rotatable bonds is 5. The molecule has 1 aliphatic carbocycles. The van der Waals surface area contributed by atoms with Crippen LogP contribution in [0, 0.1) is 0 Å². The Balaban J connectivity index is 2.37. The van der Waals surface area contributed by atoms with Crippen LogP contribution in [0.4, 0.5) is 0 Å². The molecule has 4 heteroatoms. The zero-order valence-corrected chi connectivity index (χ0v) is 14.4. The first-order valence-corrected chi connectivity index (χ1v) is 8.56. The summed E-state index contributed by atoms with van der Waals surface area (Å²) in [7, 11) is 0. The average Bonchev–Trinajstić information content (AvgIpc) is 2.85. The number of nitrogens with one attached hydrogen (secondary N) is 1. The third kappa shape index (κ3) is 3.88. The van der Waals surface area contributed by atoms with Crippen molar-refractivity contribution in [3.05, 3.63) is 58.7 Å². The first-order chi connectivity index (χ1) is 10.3. The maximum absolute atomic E-state index is 12.5. The molecule has 1 aliphatic rings. The molecular formula is C18H23NO2S. The van der Waals surface area contributed by atoms with Crippen molar-refractivity contribution in [1.29, 1.82) is 0 Å². The minimum absolute atomic E-state index is 0.168. The van der Waals surface area contributed by atoms with Gasteiger partial charge in [0.05, 0.1) is 0 Å². The molecule has 0 aliphatic heterocycles. The molecule has 0 fully saturated rings. The second kappa shape index (κ2) is 6.82. The summed E-state index contributed by atoms with van der Waals surface area (Å²) in [4.78, 5) is 11.1. The van der Waals surface area contributed by atoms with Gasteiger partial charge in [-0.15, -0.1) is 4.72 Å². The third-order valence-electron chi connectivity index (χ3n) is 3.68. The largest absolute Gasteiger partial charge is 0.598 e. The Hall–Kier alpha value is -1.36. The normalized spacial score (nSPS) is 18.1. The van der Waals surface area contributed by atoms with E-state index in [4.69, 9.17) is 0 Å². The first kappa shape index (κ1) is 17.0. The Morgan fingerprint density at radius 3 is 2.41 bits per heavy atom. The molecule has 22 heavy (non-hydrogen) atoms. The van der Waals surface area contributed by atoms with E-state index in [2.05, 4.69) is 4.72 Å². The van der Waals surface area contributed by atoms with E-state index in [1.165, 1.54) is 0 Å². The number of carbonyl (C=O) groups excluding carboxylic acids is 1. The lowest BCUT2D eigenvalue weighted by atomic mass is 9.98. The van der Waals surface area contributed by atoms with Crippen LogP contribution in [0.3, 0.4) is 0 Å². The van der Waals surface area contributed by atoms with Gasteiger partial charge in [0, 0.05) is 11.4 Å². The summed E-state index contributed by atoms with van der Waals surface area (Å²) in [5.41, 5.74) is 4.02. The predicted molar refractivity (Wildman–Crippen MR) is 91.7 cm³/mol. The van der Waals surface area contributed by atoms with Crippen LogP contribution >= 0.6 is 0 Å². The van der Waals surface area contributed by atoms with E-state index < -0.39 is 11.4 Å². The molecule has 0 saturated heterocycles. The van der Waals surface area contributed by atoms with E-state index in [0.717, 1.165) is 28.6 Å². The molecule has 0 heterocycles. The monoisotopic (exact) mass is 317 g/mol. The smallest absolute Gasteiger partial charge is 0.146 e. The Morgan fingerprint density at radius 2 is 1.91 bits per heavy atom. The van der Waals surface area contributed by atoms with Crippen molar-refractivity contribution in [3.8, 4) is 0 Å². The van der Waals surface area contributed by atoms with E-state index in [1.54, 1.807) is 0 Å². The molecule has 1 N–H and O–H groups in total. The fourth-order valence-electron chi connectivity index (χ4n) is 2.43. The maximum Gasteiger partial charge on any atom is 0.146 e. The van der Waals surface area contributed by atoms with Gasteiger partial charge in [0.1, 0.15) is 17.1 Å².